The van der Waals surface area contributed by atoms with Crippen molar-refractivity contribution in [3.8, 4) is 11.1 Å². The summed E-state index contributed by atoms with van der Waals surface area (Å²) in [5.41, 5.74) is 18.3. The average molecular weight is 1080 g/mol. The maximum Gasteiger partial charge on any atom is 0.253 e. The van der Waals surface area contributed by atoms with E-state index in [4.69, 9.17) is 11.5 Å². The topological polar surface area (TPSA) is 179 Å². The molecule has 13 nitrogen and oxygen atoms in total. The van der Waals surface area contributed by atoms with Gasteiger partial charge in [0.05, 0.1) is 12.1 Å². The minimum atomic E-state index is -0.626. The van der Waals surface area contributed by atoms with Crippen molar-refractivity contribution in [3.05, 3.63) is 131 Å². The summed E-state index contributed by atoms with van der Waals surface area (Å²) in [6, 6.07) is 33.7. The molecule has 4 aromatic rings. The van der Waals surface area contributed by atoms with Crippen molar-refractivity contribution in [2.45, 2.75) is 161 Å². The van der Waals surface area contributed by atoms with Crippen molar-refractivity contribution in [1.82, 2.24) is 24.9 Å². The fourth-order valence-electron chi connectivity index (χ4n) is 12.8. The highest BCUT2D eigenvalue weighted by Gasteiger charge is 2.43. The highest BCUT2D eigenvalue weighted by molar-refractivity contribution is 5.96. The van der Waals surface area contributed by atoms with Crippen LogP contribution in [0.4, 0.5) is 0 Å². The van der Waals surface area contributed by atoms with Crippen molar-refractivity contribution in [1.29, 1.82) is 0 Å². The third-order valence-corrected chi connectivity index (χ3v) is 17.9. The third-order valence-electron chi connectivity index (χ3n) is 17.9. The number of Topliss-reactive ketones (excluding diaryl/α,β-unsaturated/α-hetero) is 1. The van der Waals surface area contributed by atoms with Crippen LogP contribution in [0.1, 0.15) is 149 Å². The molecule has 424 valence electrons. The Bertz CT molecular complexity index is 2630. The van der Waals surface area contributed by atoms with Gasteiger partial charge in [-0.3, -0.25) is 28.8 Å². The van der Waals surface area contributed by atoms with E-state index in [1.165, 1.54) is 0 Å². The lowest BCUT2D eigenvalue weighted by atomic mass is 9.76. The molecule has 4 aromatic carbocycles. The summed E-state index contributed by atoms with van der Waals surface area (Å²) in [5.74, 6) is -0.855. The van der Waals surface area contributed by atoms with Gasteiger partial charge in [-0.15, -0.1) is 0 Å². The van der Waals surface area contributed by atoms with Gasteiger partial charge in [-0.2, -0.15) is 0 Å². The second-order valence-corrected chi connectivity index (χ2v) is 23.9. The molecule has 0 radical (unpaired) electrons. The number of nitrogens with one attached hydrogen (secondary N) is 1. The number of ketones is 1. The van der Waals surface area contributed by atoms with Gasteiger partial charge >= 0.3 is 0 Å². The molecule has 79 heavy (non-hydrogen) atoms. The number of rotatable bonds is 23. The van der Waals surface area contributed by atoms with Crippen LogP contribution in [0.15, 0.2) is 109 Å². The molecule has 7 atom stereocenters. The van der Waals surface area contributed by atoms with Gasteiger partial charge in [-0.1, -0.05) is 151 Å². The lowest BCUT2D eigenvalue weighted by molar-refractivity contribution is -0.142. The van der Waals surface area contributed by atoms with E-state index >= 15 is 0 Å². The van der Waals surface area contributed by atoms with Gasteiger partial charge in [0.1, 0.15) is 11.8 Å². The van der Waals surface area contributed by atoms with Gasteiger partial charge in [0.2, 0.25) is 17.7 Å². The van der Waals surface area contributed by atoms with Crippen molar-refractivity contribution >= 4 is 35.3 Å². The number of amides is 5. The minimum absolute atomic E-state index is 0.00589. The number of likely N-dealkylation sites (tertiary alicyclic amines) is 2. The number of benzene rings is 4. The summed E-state index contributed by atoms with van der Waals surface area (Å²) in [5, 5.41) is 3.18. The van der Waals surface area contributed by atoms with Crippen LogP contribution in [0.25, 0.3) is 11.1 Å². The molecule has 5 N–H and O–H groups in total. The Labute approximate surface area is 470 Å². The molecule has 2 aliphatic carbocycles. The van der Waals surface area contributed by atoms with E-state index in [0.29, 0.717) is 82.5 Å². The number of hydrogen-bond acceptors (Lipinski definition) is 8. The lowest BCUT2D eigenvalue weighted by Gasteiger charge is -2.37. The van der Waals surface area contributed by atoms with Crippen molar-refractivity contribution in [2.75, 3.05) is 39.3 Å². The Kier molecular flexibility index (Phi) is 21.1. The zero-order valence-corrected chi connectivity index (χ0v) is 47.6. The molecule has 0 unspecified atom stereocenters. The van der Waals surface area contributed by atoms with E-state index in [2.05, 4.69) is 29.6 Å². The maximum absolute atomic E-state index is 14.7. The first-order valence-corrected chi connectivity index (χ1v) is 30.0. The molecular weight excluding hydrogens is 987 g/mol. The monoisotopic (exact) mass is 1080 g/mol. The predicted molar refractivity (Wildman–Crippen MR) is 313 cm³/mol. The molecule has 0 spiro atoms. The second kappa shape index (κ2) is 28.3. The number of carbonyl (C=O) groups excluding carboxylic acids is 6. The van der Waals surface area contributed by atoms with Gasteiger partial charge in [-0.05, 0) is 116 Å². The molecule has 2 saturated carbocycles. The van der Waals surface area contributed by atoms with Crippen LogP contribution >= 0.6 is 0 Å². The molecule has 0 bridgehead atoms. The Balaban J connectivity index is 0.985. The van der Waals surface area contributed by atoms with E-state index in [1.54, 1.807) is 0 Å². The zero-order chi connectivity index (χ0) is 56.0. The van der Waals surface area contributed by atoms with Crippen LogP contribution in [-0.2, 0) is 32.0 Å². The summed E-state index contributed by atoms with van der Waals surface area (Å²) in [7, 11) is 0. The molecule has 8 rings (SSSR count). The van der Waals surface area contributed by atoms with Crippen LogP contribution in [0.5, 0.6) is 0 Å². The predicted octanol–water partition coefficient (Wildman–Crippen LogP) is 9.50. The summed E-state index contributed by atoms with van der Waals surface area (Å²) in [6.45, 7) is 10.0. The highest BCUT2D eigenvalue weighted by Crippen LogP contribution is 2.36. The largest absolute Gasteiger partial charge is 0.344 e. The molecule has 4 fully saturated rings. The first-order valence-electron chi connectivity index (χ1n) is 30.0. The number of carbonyl (C=O) groups is 6. The first kappa shape index (κ1) is 59.0. The van der Waals surface area contributed by atoms with E-state index in [-0.39, 0.29) is 95.5 Å². The van der Waals surface area contributed by atoms with Crippen LogP contribution < -0.4 is 16.8 Å². The van der Waals surface area contributed by atoms with E-state index in [0.717, 1.165) is 86.5 Å². The minimum Gasteiger partial charge on any atom is -0.344 e. The average Bonchev–Trinajstić information content (AvgIpc) is 4.14. The maximum atomic E-state index is 14.7. The van der Waals surface area contributed by atoms with E-state index in [9.17, 15) is 28.8 Å². The first-order chi connectivity index (χ1) is 38.2. The molecule has 4 aliphatic rings. The van der Waals surface area contributed by atoms with Crippen LogP contribution in [0, 0.1) is 29.6 Å². The normalized spacial score (nSPS) is 21.1. The van der Waals surface area contributed by atoms with Gasteiger partial charge in [0.15, 0.2) is 0 Å². The van der Waals surface area contributed by atoms with Crippen molar-refractivity contribution < 1.29 is 28.8 Å². The molecule has 5 amide bonds. The van der Waals surface area contributed by atoms with Gasteiger partial charge < -0.3 is 36.4 Å². The van der Waals surface area contributed by atoms with Crippen molar-refractivity contribution in [2.24, 2.45) is 41.1 Å². The Morgan fingerprint density at radius 2 is 1.00 bits per heavy atom. The smallest absolute Gasteiger partial charge is 0.253 e. The summed E-state index contributed by atoms with van der Waals surface area (Å²) < 4.78 is 0. The summed E-state index contributed by atoms with van der Waals surface area (Å²) in [4.78, 5) is 93.0. The molecule has 2 heterocycles. The fraction of sp³-hybridized carbons (Fsp3) is 0.545. The van der Waals surface area contributed by atoms with Crippen LogP contribution in [-0.4, -0.2) is 124 Å². The molecule has 2 aliphatic heterocycles. The van der Waals surface area contributed by atoms with Crippen LogP contribution in [0.2, 0.25) is 0 Å². The number of nitrogens with two attached hydrogens (primary N) is 2. The van der Waals surface area contributed by atoms with Gasteiger partial charge in [0, 0.05) is 86.7 Å². The molecule has 2 saturated heterocycles. The highest BCUT2D eigenvalue weighted by atomic mass is 16.2. The van der Waals surface area contributed by atoms with E-state index in [1.807, 2.05) is 132 Å². The van der Waals surface area contributed by atoms with Gasteiger partial charge in [0.25, 0.3) is 11.8 Å². The quantitative estimate of drug-likeness (QED) is 0.0657. The molecule has 0 aromatic heterocycles. The number of hydrogen-bond donors (Lipinski definition) is 3. The Morgan fingerprint density at radius 1 is 0.570 bits per heavy atom. The zero-order valence-electron chi connectivity index (χ0n) is 47.6. The second-order valence-electron chi connectivity index (χ2n) is 23.9. The fourth-order valence-corrected chi connectivity index (χ4v) is 12.8. The number of nitrogens with zero attached hydrogens (tertiary/aromatic N) is 4. The van der Waals surface area contributed by atoms with Crippen molar-refractivity contribution in [3.63, 3.8) is 0 Å². The van der Waals surface area contributed by atoms with Gasteiger partial charge in [-0.25, -0.2) is 0 Å². The molecule has 13 heteroatoms. The van der Waals surface area contributed by atoms with Crippen LogP contribution in [0.3, 0.4) is 0 Å². The third kappa shape index (κ3) is 15.6. The SMILES string of the molecule is CC[C@@H](C)C(=O)N[C@H](C(=O)N1C[C@@H](N)C[C@H]1CN(CCc1ccccc1)C(=O)c1ccc(-c2ccc(C(=O)N(CCc3ccccc3)C[C@@H]3C[C@H](N)CN3C(=O)[C@@H](CC(=O)C(C)C)C3CCCCC3)cc2)cc1)C1CCCCC1. The summed E-state index contributed by atoms with van der Waals surface area (Å²) >= 11 is 0. The molecular formula is C66H89N7O6. The Hall–Kier alpha value is -6.18. The summed E-state index contributed by atoms with van der Waals surface area (Å²) in [6.07, 6.45) is 13.5. The Morgan fingerprint density at radius 3 is 1.43 bits per heavy atom. The van der Waals surface area contributed by atoms with E-state index < -0.39 is 6.04 Å². The lowest BCUT2D eigenvalue weighted by Crippen LogP contribution is -2.56. The standard InChI is InChI=1S/C66H89N7O6/c1-5-46(4)62(75)69-61(52-24-16-9-17-25-52)66(79)73-42-56(68)39-58(73)44-71(37-35-48-20-12-7-13-21-48)64(77)54-32-28-50(29-33-54)49-26-30-53(31-27-49)63(76)70(36-34-47-18-10-6-11-19-47)43-57-38-55(67)41-72(57)65(78)59(40-60(74)45(2)3)51-22-14-8-15-23-51/h6-7,10-13,18-21,26-33,45-46,51-52,55-59,61H,5,8-9,14-17,22-25,34-44,67-68H2,1-4H3,(H,69,75)/t46-,55+,56+,57+,58+,59+,61+/m1/s1.